The Morgan fingerprint density at radius 2 is 1.65 bits per heavy atom. The molecule has 0 unspecified atom stereocenters. The van der Waals surface area contributed by atoms with Gasteiger partial charge in [0.25, 0.3) is 0 Å². The van der Waals surface area contributed by atoms with Crippen LogP contribution in [0.4, 0.5) is 11.4 Å². The van der Waals surface area contributed by atoms with Gasteiger partial charge in [-0.3, -0.25) is 19.4 Å². The number of carbonyl (C=O) groups excluding carboxylic acids is 3. The number of fused-ring (bicyclic) bond motifs is 6. The first-order valence-electron chi connectivity index (χ1n) is 13.1. The zero-order valence-electron chi connectivity index (χ0n) is 21.5. The molecule has 0 aliphatic carbocycles. The van der Waals surface area contributed by atoms with E-state index in [1.54, 1.807) is 48.8 Å². The predicted octanol–water partition coefficient (Wildman–Crippen LogP) is 5.90. The van der Waals surface area contributed by atoms with E-state index in [0.29, 0.717) is 27.4 Å². The van der Waals surface area contributed by atoms with Gasteiger partial charge in [-0.05, 0) is 72.6 Å². The van der Waals surface area contributed by atoms with E-state index in [0.717, 1.165) is 16.8 Å². The van der Waals surface area contributed by atoms with Gasteiger partial charge >= 0.3 is 0 Å². The van der Waals surface area contributed by atoms with E-state index >= 15 is 0 Å². The molecule has 1 saturated heterocycles. The van der Waals surface area contributed by atoms with Gasteiger partial charge in [-0.1, -0.05) is 53.6 Å². The summed E-state index contributed by atoms with van der Waals surface area (Å²) in [6.07, 6.45) is 7.09. The van der Waals surface area contributed by atoms with Crippen molar-refractivity contribution in [1.29, 1.82) is 0 Å². The Bertz CT molecular complexity index is 1730. The summed E-state index contributed by atoms with van der Waals surface area (Å²) in [5.74, 6) is -1.84. The lowest BCUT2D eigenvalue weighted by Gasteiger charge is -2.37. The van der Waals surface area contributed by atoms with Crippen LogP contribution in [0.5, 0.6) is 0 Å². The van der Waals surface area contributed by atoms with Crippen LogP contribution in [-0.4, -0.2) is 34.5 Å². The van der Waals surface area contributed by atoms with Crippen molar-refractivity contribution in [2.45, 2.75) is 24.4 Å². The molecule has 1 N–H and O–H groups in total. The molecule has 3 aliphatic rings. The zero-order chi connectivity index (χ0) is 27.6. The predicted molar refractivity (Wildman–Crippen MR) is 155 cm³/mol. The number of halogens is 1. The molecule has 1 amide bonds. The molecule has 40 heavy (non-hydrogen) atoms. The fraction of sp³-hybridized carbons (Fsp3) is 0.152. The summed E-state index contributed by atoms with van der Waals surface area (Å²) in [7, 11) is 0. The van der Waals surface area contributed by atoms with Crippen molar-refractivity contribution in [2.75, 3.05) is 10.2 Å². The van der Waals surface area contributed by atoms with Crippen LogP contribution in [0.1, 0.15) is 37.4 Å². The maximum absolute atomic E-state index is 14.6. The van der Waals surface area contributed by atoms with Gasteiger partial charge in [0.15, 0.2) is 11.6 Å². The first-order chi connectivity index (χ1) is 19.4. The zero-order valence-corrected chi connectivity index (χ0v) is 22.3. The molecule has 7 heteroatoms. The first-order valence-corrected chi connectivity index (χ1v) is 13.5. The van der Waals surface area contributed by atoms with Crippen molar-refractivity contribution in [3.05, 3.63) is 130 Å². The number of pyridine rings is 1. The third-order valence-electron chi connectivity index (χ3n) is 8.43. The number of nitrogens with one attached hydrogen (secondary N) is 1. The highest BCUT2D eigenvalue weighted by atomic mass is 35.5. The minimum Gasteiger partial charge on any atom is -0.352 e. The van der Waals surface area contributed by atoms with Crippen LogP contribution in [0, 0.1) is 12.8 Å². The number of amides is 1. The summed E-state index contributed by atoms with van der Waals surface area (Å²) < 4.78 is 0. The van der Waals surface area contributed by atoms with Gasteiger partial charge in [0, 0.05) is 39.9 Å². The van der Waals surface area contributed by atoms with E-state index < -0.39 is 23.4 Å². The number of nitrogens with zero attached hydrogens (tertiary/aromatic N) is 2. The largest absolute Gasteiger partial charge is 0.352 e. The van der Waals surface area contributed by atoms with Gasteiger partial charge in [0.05, 0.1) is 12.0 Å². The Hall–Kier alpha value is -4.55. The van der Waals surface area contributed by atoms with Crippen LogP contribution in [0.25, 0.3) is 6.08 Å². The summed E-state index contributed by atoms with van der Waals surface area (Å²) in [5.41, 5.74) is 3.67. The SMILES string of the molecule is Cc1ccc2c(c1)C=C[C@H]1N2[C@H](C(=O)c2ccc(Cl)cc2)[C@@H](C(=O)c2ccncc2)[C@]12C(=O)Nc1ccccc12. The quantitative estimate of drug-likeness (QED) is 0.323. The molecule has 0 bridgehead atoms. The summed E-state index contributed by atoms with van der Waals surface area (Å²) in [4.78, 5) is 49.6. The number of anilines is 2. The number of para-hydroxylation sites is 1. The first kappa shape index (κ1) is 24.5. The number of benzene rings is 3. The summed E-state index contributed by atoms with van der Waals surface area (Å²) in [6, 6.07) is 21.9. The number of aromatic nitrogens is 1. The molecule has 7 rings (SSSR count). The number of hydrogen-bond donors (Lipinski definition) is 1. The molecule has 4 aromatic rings. The molecule has 4 atom stereocenters. The van der Waals surface area contributed by atoms with Gasteiger partial charge in [-0.2, -0.15) is 0 Å². The minimum absolute atomic E-state index is 0.245. The van der Waals surface area contributed by atoms with E-state index in [9.17, 15) is 14.4 Å². The van der Waals surface area contributed by atoms with E-state index in [2.05, 4.69) is 16.4 Å². The maximum Gasteiger partial charge on any atom is 0.238 e. The van der Waals surface area contributed by atoms with Gasteiger partial charge < -0.3 is 10.2 Å². The Morgan fingerprint density at radius 3 is 2.42 bits per heavy atom. The van der Waals surface area contributed by atoms with Crippen LogP contribution in [0.15, 0.2) is 97.3 Å². The Kier molecular flexibility index (Phi) is 5.51. The number of rotatable bonds is 4. The van der Waals surface area contributed by atoms with Crippen molar-refractivity contribution in [3.8, 4) is 0 Å². The summed E-state index contributed by atoms with van der Waals surface area (Å²) in [5, 5.41) is 3.55. The second kappa shape index (κ2) is 9.00. The van der Waals surface area contributed by atoms with Gasteiger partial charge in [0.1, 0.15) is 11.5 Å². The molecule has 3 aromatic carbocycles. The maximum atomic E-state index is 14.6. The fourth-order valence-electron chi connectivity index (χ4n) is 6.78. The van der Waals surface area contributed by atoms with Gasteiger partial charge in [-0.25, -0.2) is 0 Å². The number of aryl methyl sites for hydroxylation is 1. The van der Waals surface area contributed by atoms with Crippen LogP contribution >= 0.6 is 11.6 Å². The third kappa shape index (κ3) is 3.36. The Labute approximate surface area is 236 Å². The second-order valence-electron chi connectivity index (χ2n) is 10.5. The highest BCUT2D eigenvalue weighted by Gasteiger charge is 2.70. The van der Waals surface area contributed by atoms with Crippen molar-refractivity contribution in [2.24, 2.45) is 5.92 Å². The number of carbonyl (C=O) groups is 3. The lowest BCUT2D eigenvalue weighted by Crippen LogP contribution is -2.51. The van der Waals surface area contributed by atoms with E-state index in [1.165, 1.54) is 0 Å². The van der Waals surface area contributed by atoms with E-state index in [-0.39, 0.29) is 17.5 Å². The minimum atomic E-state index is -1.34. The normalized spacial score (nSPS) is 23.9. The van der Waals surface area contributed by atoms with E-state index in [4.69, 9.17) is 11.6 Å². The Morgan fingerprint density at radius 1 is 0.925 bits per heavy atom. The van der Waals surface area contributed by atoms with Crippen LogP contribution in [-0.2, 0) is 10.2 Å². The average Bonchev–Trinajstić information content (AvgIpc) is 3.45. The number of Topliss-reactive ketones (excluding diaryl/α,β-unsaturated/α-hetero) is 2. The lowest BCUT2D eigenvalue weighted by molar-refractivity contribution is -0.121. The molecule has 1 aromatic heterocycles. The average molecular weight is 546 g/mol. The van der Waals surface area contributed by atoms with Crippen LogP contribution in [0.3, 0.4) is 0 Å². The number of ketones is 2. The molecule has 196 valence electrons. The molecule has 1 fully saturated rings. The molecule has 0 radical (unpaired) electrons. The lowest BCUT2D eigenvalue weighted by atomic mass is 9.64. The standard InChI is InChI=1S/C33H24ClN3O3/c1-19-6-12-26-22(18-19)9-13-27-33(24-4-2-3-5-25(24)36-32(33)40)28(30(38)21-14-16-35-17-15-21)29(37(26)27)31(39)20-7-10-23(34)11-8-20/h2-18,27-29H,1H3,(H,36,40)/t27-,28+,29+,33-/m1/s1. The molecular formula is C33H24ClN3O3. The van der Waals surface area contributed by atoms with Crippen LogP contribution < -0.4 is 10.2 Å². The molecule has 6 nitrogen and oxygen atoms in total. The molecule has 0 saturated carbocycles. The fourth-order valence-corrected chi connectivity index (χ4v) is 6.91. The molecule has 4 heterocycles. The summed E-state index contributed by atoms with van der Waals surface area (Å²) >= 11 is 6.16. The monoisotopic (exact) mass is 545 g/mol. The Balaban J connectivity index is 1.54. The highest BCUT2D eigenvalue weighted by Crippen LogP contribution is 2.58. The highest BCUT2D eigenvalue weighted by molar-refractivity contribution is 6.30. The summed E-state index contributed by atoms with van der Waals surface area (Å²) in [6.45, 7) is 2.01. The molecule has 1 spiro atoms. The third-order valence-corrected chi connectivity index (χ3v) is 8.68. The second-order valence-corrected chi connectivity index (χ2v) is 11.0. The number of hydrogen-bond acceptors (Lipinski definition) is 5. The van der Waals surface area contributed by atoms with Crippen molar-refractivity contribution >= 4 is 46.5 Å². The van der Waals surface area contributed by atoms with Gasteiger partial charge in [0.2, 0.25) is 5.91 Å². The smallest absolute Gasteiger partial charge is 0.238 e. The van der Waals surface area contributed by atoms with Crippen molar-refractivity contribution in [3.63, 3.8) is 0 Å². The van der Waals surface area contributed by atoms with Crippen LogP contribution in [0.2, 0.25) is 5.02 Å². The topological polar surface area (TPSA) is 79.4 Å². The molecule has 3 aliphatic heterocycles. The van der Waals surface area contributed by atoms with Crippen molar-refractivity contribution in [1.82, 2.24) is 4.98 Å². The van der Waals surface area contributed by atoms with E-state index in [1.807, 2.05) is 60.4 Å². The van der Waals surface area contributed by atoms with Gasteiger partial charge in [-0.15, -0.1) is 0 Å². The molecular weight excluding hydrogens is 522 g/mol. The van der Waals surface area contributed by atoms with Crippen molar-refractivity contribution < 1.29 is 14.4 Å².